The molecular weight excluding hydrogens is 258 g/mol. The van der Waals surface area contributed by atoms with E-state index >= 15 is 0 Å². The molecule has 0 saturated heterocycles. The molecule has 0 N–H and O–H groups in total. The van der Waals surface area contributed by atoms with Crippen molar-refractivity contribution in [2.75, 3.05) is 0 Å². The Labute approximate surface area is 79.2 Å². The summed E-state index contributed by atoms with van der Waals surface area (Å²) in [7, 11) is -10.8. The van der Waals surface area contributed by atoms with Crippen molar-refractivity contribution >= 4 is 15.6 Å². The third-order valence-corrected chi connectivity index (χ3v) is 0. The molecule has 0 saturated carbocycles. The second kappa shape index (κ2) is 8.34. The van der Waals surface area contributed by atoms with Gasteiger partial charge >= 0.3 is 24.5 Å². The van der Waals surface area contributed by atoms with Crippen molar-refractivity contribution in [1.82, 2.24) is 0 Å². The quantitative estimate of drug-likeness (QED) is 0.305. The molecule has 8 nitrogen and oxygen atoms in total. The van der Waals surface area contributed by atoms with E-state index in [-0.39, 0.29) is 24.5 Å². The average molecular weight is 258 g/mol. The molecule has 0 aliphatic rings. The Morgan fingerprint density at radius 2 is 0.667 bits per heavy atom. The predicted octanol–water partition coefficient (Wildman–Crippen LogP) is -5.57. The molecule has 70 valence electrons. The van der Waals surface area contributed by atoms with Crippen LogP contribution in [0, 0.1) is 7.43 Å². The Kier molecular flexibility index (Phi) is 16.0. The Balaban J connectivity index is -0.0000000457. The van der Waals surface area contributed by atoms with E-state index < -0.39 is 15.6 Å². The van der Waals surface area contributed by atoms with Crippen molar-refractivity contribution in [3.05, 3.63) is 7.43 Å². The minimum atomic E-state index is -5.39. The summed E-state index contributed by atoms with van der Waals surface area (Å²) >= 11 is 0. The van der Waals surface area contributed by atoms with Gasteiger partial charge in [-0.3, -0.25) is 0 Å². The monoisotopic (exact) mass is 258 g/mol. The van der Waals surface area contributed by atoms with E-state index in [0.717, 1.165) is 0 Å². The topological polar surface area (TPSA) is 172 Å². The van der Waals surface area contributed by atoms with Crippen molar-refractivity contribution in [2.24, 2.45) is 0 Å². The first kappa shape index (κ1) is 23.0. The van der Waals surface area contributed by atoms with Crippen LogP contribution in [-0.4, -0.2) is 0 Å². The van der Waals surface area contributed by atoms with E-state index in [1.807, 2.05) is 0 Å². The molecule has 0 atom stereocenters. The van der Waals surface area contributed by atoms with Gasteiger partial charge in [-0.05, 0) is 0 Å². The zero-order valence-electron chi connectivity index (χ0n) is 5.01. The third-order valence-electron chi connectivity index (χ3n) is 0. The van der Waals surface area contributed by atoms with Gasteiger partial charge in [-0.1, -0.05) is 0 Å². The second-order valence-corrected chi connectivity index (χ2v) is 2.68. The van der Waals surface area contributed by atoms with Crippen molar-refractivity contribution in [2.45, 2.75) is 0 Å². The van der Waals surface area contributed by atoms with Crippen LogP contribution in [0.4, 0.5) is 0 Å². The average Bonchev–Trinajstić information content (AvgIpc) is 1.12. The summed E-state index contributed by atoms with van der Waals surface area (Å²) in [4.78, 5) is 51.3. The third kappa shape index (κ3) is 1860. The molecule has 0 aliphatic heterocycles. The smallest absolute Gasteiger partial charge is 0.822 e. The summed E-state index contributed by atoms with van der Waals surface area (Å²) in [5.41, 5.74) is 0. The van der Waals surface area contributed by atoms with E-state index in [2.05, 4.69) is 0 Å². The van der Waals surface area contributed by atoms with Gasteiger partial charge in [-0.2, -0.15) is 15.6 Å². The zero-order chi connectivity index (χ0) is 9.00. The van der Waals surface area contributed by atoms with E-state index in [0.29, 0.717) is 0 Å². The maximum absolute atomic E-state index is 8.55. The summed E-state index contributed by atoms with van der Waals surface area (Å²) < 4.78 is 17.1. The molecule has 0 aromatic heterocycles. The number of phosphoric acid groups is 2. The van der Waals surface area contributed by atoms with Crippen LogP contribution in [0.15, 0.2) is 0 Å². The van der Waals surface area contributed by atoms with Crippen molar-refractivity contribution in [3.8, 4) is 0 Å². The molecule has 0 rings (SSSR count). The van der Waals surface area contributed by atoms with Crippen LogP contribution in [0.1, 0.15) is 0 Å². The van der Waals surface area contributed by atoms with Gasteiger partial charge in [0, 0.05) is 0 Å². The Bertz CT molecular complexity index is 129. The molecule has 0 amide bonds. The van der Waals surface area contributed by atoms with Crippen LogP contribution in [0.3, 0.4) is 0 Å². The molecule has 12 heavy (non-hydrogen) atoms. The number of rotatable bonds is 0. The second-order valence-electron chi connectivity index (χ2n) is 0.894. The molecular formula is CFeO8P2. The van der Waals surface area contributed by atoms with Crippen LogP contribution in [0.25, 0.3) is 0 Å². The maximum Gasteiger partial charge on any atom is 4.00 e. The summed E-state index contributed by atoms with van der Waals surface area (Å²) in [6, 6.07) is 0. The fourth-order valence-corrected chi connectivity index (χ4v) is 0. The zero-order valence-corrected chi connectivity index (χ0v) is 7.91. The van der Waals surface area contributed by atoms with Gasteiger partial charge in [-0.25, -0.2) is 0 Å². The van der Waals surface area contributed by atoms with Crippen molar-refractivity contribution in [3.63, 3.8) is 0 Å². The standard InChI is InChI=1S/C.Fe.2H3O4P/c;;2*1-5(2,3)4/h;;2*(H3,1,2,3,4)/q+4;+2;;/p-6. The minimum Gasteiger partial charge on any atom is -0.822 e. The van der Waals surface area contributed by atoms with Crippen LogP contribution in [-0.2, 0) is 26.2 Å². The van der Waals surface area contributed by atoms with Crippen LogP contribution < -0.4 is 29.4 Å². The first-order valence-corrected chi connectivity index (χ1v) is 4.38. The largest absolute Gasteiger partial charge is 4.00 e. The molecule has 0 spiro atoms. The van der Waals surface area contributed by atoms with Crippen molar-refractivity contribution in [1.29, 1.82) is 0 Å². The van der Waals surface area contributed by atoms with E-state index in [4.69, 9.17) is 38.5 Å². The van der Waals surface area contributed by atoms with E-state index in [1.54, 1.807) is 0 Å². The first-order valence-electron chi connectivity index (χ1n) is 1.46. The van der Waals surface area contributed by atoms with Crippen LogP contribution in [0.2, 0.25) is 0 Å². The number of hydrogen-bond donors (Lipinski definition) is 0. The molecule has 0 unspecified atom stereocenters. The van der Waals surface area contributed by atoms with Gasteiger partial charge in [0.25, 0.3) is 0 Å². The molecule has 0 aliphatic carbocycles. The van der Waals surface area contributed by atoms with Gasteiger partial charge in [-0.15, -0.1) is 0 Å². The SMILES string of the molecule is O=P([O-])([O-])[O-].O=P([O-])([O-])[O-].[C+4].[Fe+2]. The molecule has 0 aromatic carbocycles. The minimum absolute atomic E-state index is 0. The summed E-state index contributed by atoms with van der Waals surface area (Å²) in [5, 5.41) is 0. The fourth-order valence-electron chi connectivity index (χ4n) is 0. The van der Waals surface area contributed by atoms with Gasteiger partial charge < -0.3 is 38.5 Å². The molecule has 0 aromatic rings. The van der Waals surface area contributed by atoms with Crippen molar-refractivity contribution < 1.29 is 55.6 Å². The van der Waals surface area contributed by atoms with E-state index in [9.17, 15) is 0 Å². The normalized spacial score (nSPS) is 9.83. The molecule has 11 heteroatoms. The maximum atomic E-state index is 8.55. The Morgan fingerprint density at radius 1 is 0.667 bits per heavy atom. The number of hydrogen-bond acceptors (Lipinski definition) is 8. The van der Waals surface area contributed by atoms with Gasteiger partial charge in [0.2, 0.25) is 0 Å². The van der Waals surface area contributed by atoms with Gasteiger partial charge in [0.15, 0.2) is 0 Å². The fraction of sp³-hybridized carbons (Fsp3) is 0. The molecule has 0 radical (unpaired) electrons. The molecule has 0 bridgehead atoms. The van der Waals surface area contributed by atoms with Crippen LogP contribution in [0.5, 0.6) is 0 Å². The van der Waals surface area contributed by atoms with Gasteiger partial charge in [0.05, 0.1) is 0 Å². The van der Waals surface area contributed by atoms with E-state index in [1.165, 1.54) is 0 Å². The molecule has 0 heterocycles. The molecule has 0 fully saturated rings. The van der Waals surface area contributed by atoms with Crippen LogP contribution >= 0.6 is 15.6 Å². The Hall–Kier alpha value is 0.739. The summed E-state index contributed by atoms with van der Waals surface area (Å²) in [6.07, 6.45) is 0. The van der Waals surface area contributed by atoms with Gasteiger partial charge in [0.1, 0.15) is 0 Å². The summed E-state index contributed by atoms with van der Waals surface area (Å²) in [6.45, 7) is 0. The summed E-state index contributed by atoms with van der Waals surface area (Å²) in [5.74, 6) is 0. The Morgan fingerprint density at radius 3 is 0.667 bits per heavy atom. The first-order chi connectivity index (χ1) is 4.00. The predicted molar refractivity (Wildman–Crippen MR) is 18.5 cm³/mol.